The van der Waals surface area contributed by atoms with Crippen LogP contribution in [0.2, 0.25) is 0 Å². The van der Waals surface area contributed by atoms with E-state index in [1.165, 1.54) is 12.8 Å². The summed E-state index contributed by atoms with van der Waals surface area (Å²) in [5, 5.41) is 0. The molecule has 2 aliphatic rings. The maximum Gasteiger partial charge on any atom is 0.306 e. The van der Waals surface area contributed by atoms with Gasteiger partial charge in [0, 0.05) is 18.4 Å². The van der Waals surface area contributed by atoms with Gasteiger partial charge in [0.2, 0.25) is 0 Å². The van der Waals surface area contributed by atoms with Gasteiger partial charge in [-0.2, -0.15) is 0 Å². The number of fused-ring (bicyclic) bond motifs is 3. The van der Waals surface area contributed by atoms with Crippen molar-refractivity contribution in [3.05, 3.63) is 12.3 Å². The lowest BCUT2D eigenvalue weighted by atomic mass is 10.0. The SMILES string of the molecule is CCCCC(CC)COC(=O)CCSc1ccnc2c1OCC1CC(=O)CN21. The molecule has 2 atom stereocenters. The number of rotatable bonds is 10. The smallest absolute Gasteiger partial charge is 0.306 e. The minimum Gasteiger partial charge on any atom is -0.486 e. The fourth-order valence-corrected chi connectivity index (χ4v) is 4.56. The van der Waals surface area contributed by atoms with E-state index in [0.29, 0.717) is 44.3 Å². The third-order valence-corrected chi connectivity index (χ3v) is 6.42. The van der Waals surface area contributed by atoms with Crippen molar-refractivity contribution in [2.45, 2.75) is 63.3 Å². The van der Waals surface area contributed by atoms with Crippen LogP contribution in [0, 0.1) is 5.92 Å². The molecule has 0 amide bonds. The Morgan fingerprint density at radius 1 is 1.46 bits per heavy atom. The van der Waals surface area contributed by atoms with E-state index in [2.05, 4.69) is 18.8 Å². The quantitative estimate of drug-likeness (QED) is 0.432. The van der Waals surface area contributed by atoms with Crippen molar-refractivity contribution in [2.75, 3.05) is 30.4 Å². The number of ether oxygens (including phenoxy) is 2. The molecule has 7 heteroatoms. The number of anilines is 1. The molecule has 3 heterocycles. The van der Waals surface area contributed by atoms with Gasteiger partial charge >= 0.3 is 5.97 Å². The molecular weight excluding hydrogens is 376 g/mol. The Kier molecular flexibility index (Phi) is 7.59. The number of carbonyl (C=O) groups is 2. The van der Waals surface area contributed by atoms with Crippen LogP contribution in [-0.4, -0.2) is 48.3 Å². The largest absolute Gasteiger partial charge is 0.486 e. The monoisotopic (exact) mass is 406 g/mol. The van der Waals surface area contributed by atoms with E-state index >= 15 is 0 Å². The lowest BCUT2D eigenvalue weighted by Crippen LogP contribution is -2.38. The zero-order valence-corrected chi connectivity index (χ0v) is 17.6. The molecule has 1 fully saturated rings. The Balaban J connectivity index is 1.48. The Hall–Kier alpha value is -1.76. The maximum absolute atomic E-state index is 12.1. The van der Waals surface area contributed by atoms with Gasteiger partial charge in [0.1, 0.15) is 6.61 Å². The van der Waals surface area contributed by atoms with Gasteiger partial charge in [0.05, 0.1) is 30.5 Å². The predicted octanol–water partition coefficient (Wildman–Crippen LogP) is 3.86. The number of nitrogens with zero attached hydrogens (tertiary/aromatic N) is 2. The molecule has 1 aromatic heterocycles. The molecular formula is C21H30N2O4S. The first kappa shape index (κ1) is 21.0. The van der Waals surface area contributed by atoms with E-state index in [9.17, 15) is 9.59 Å². The number of esters is 1. The molecule has 0 N–H and O–H groups in total. The maximum atomic E-state index is 12.1. The van der Waals surface area contributed by atoms with E-state index in [1.54, 1.807) is 18.0 Å². The molecule has 2 aliphatic heterocycles. The molecule has 1 aromatic rings. The van der Waals surface area contributed by atoms with Crippen LogP contribution in [-0.2, 0) is 14.3 Å². The second-order valence-corrected chi connectivity index (χ2v) is 8.63. The molecule has 3 rings (SSSR count). The first-order valence-electron chi connectivity index (χ1n) is 10.3. The number of Topliss-reactive ketones (excluding diaryl/α,β-unsaturated/α-hetero) is 1. The summed E-state index contributed by atoms with van der Waals surface area (Å²) in [6.07, 6.45) is 7.16. The molecule has 28 heavy (non-hydrogen) atoms. The zero-order valence-electron chi connectivity index (χ0n) is 16.8. The molecule has 1 saturated heterocycles. The van der Waals surface area contributed by atoms with Gasteiger partial charge in [0.25, 0.3) is 0 Å². The molecule has 2 unspecified atom stereocenters. The number of thioether (sulfide) groups is 1. The number of unbranched alkanes of at least 4 members (excludes halogenated alkanes) is 1. The third-order valence-electron chi connectivity index (χ3n) is 5.38. The lowest BCUT2D eigenvalue weighted by Gasteiger charge is -2.32. The van der Waals surface area contributed by atoms with Gasteiger partial charge in [-0.3, -0.25) is 9.59 Å². The van der Waals surface area contributed by atoms with Crippen molar-refractivity contribution < 1.29 is 19.1 Å². The fourth-order valence-electron chi connectivity index (χ4n) is 3.63. The number of carbonyl (C=O) groups excluding carboxylic acids is 2. The zero-order chi connectivity index (χ0) is 19.9. The van der Waals surface area contributed by atoms with E-state index in [0.717, 1.165) is 29.3 Å². The van der Waals surface area contributed by atoms with Gasteiger partial charge in [-0.05, 0) is 18.4 Å². The summed E-state index contributed by atoms with van der Waals surface area (Å²) in [6.45, 7) is 5.77. The van der Waals surface area contributed by atoms with Crippen LogP contribution in [0.15, 0.2) is 17.2 Å². The summed E-state index contributed by atoms with van der Waals surface area (Å²) >= 11 is 1.57. The van der Waals surface area contributed by atoms with Crippen LogP contribution >= 0.6 is 11.8 Å². The standard InChI is InChI=1S/C21H30N2O4S/c1-3-5-6-15(4-2)13-26-19(25)8-10-28-18-7-9-22-21-20(18)27-14-16-11-17(24)12-23(16)21/h7,9,15-16H,3-6,8,10-14H2,1-2H3. The molecule has 6 nitrogen and oxygen atoms in total. The fraction of sp³-hybridized carbons (Fsp3) is 0.667. The highest BCUT2D eigenvalue weighted by atomic mass is 32.2. The van der Waals surface area contributed by atoms with Crippen LogP contribution < -0.4 is 9.64 Å². The average molecular weight is 407 g/mol. The highest BCUT2D eigenvalue weighted by Crippen LogP contribution is 2.41. The predicted molar refractivity (Wildman–Crippen MR) is 110 cm³/mol. The van der Waals surface area contributed by atoms with E-state index < -0.39 is 0 Å². The van der Waals surface area contributed by atoms with Crippen LogP contribution in [0.1, 0.15) is 52.4 Å². The number of ketones is 1. The second-order valence-electron chi connectivity index (χ2n) is 7.50. The second kappa shape index (κ2) is 10.1. The van der Waals surface area contributed by atoms with Gasteiger partial charge < -0.3 is 14.4 Å². The Morgan fingerprint density at radius 3 is 3.11 bits per heavy atom. The summed E-state index contributed by atoms with van der Waals surface area (Å²) in [7, 11) is 0. The minimum atomic E-state index is -0.142. The minimum absolute atomic E-state index is 0.0990. The van der Waals surface area contributed by atoms with E-state index in [1.807, 2.05) is 11.0 Å². The van der Waals surface area contributed by atoms with Crippen molar-refractivity contribution in [1.29, 1.82) is 0 Å². The first-order valence-corrected chi connectivity index (χ1v) is 11.3. The normalized spacial score (nSPS) is 19.0. The van der Waals surface area contributed by atoms with Crippen LogP contribution in [0.4, 0.5) is 5.82 Å². The van der Waals surface area contributed by atoms with Crippen molar-refractivity contribution in [2.24, 2.45) is 5.92 Å². The summed E-state index contributed by atoms with van der Waals surface area (Å²) in [5.41, 5.74) is 0. The van der Waals surface area contributed by atoms with Crippen molar-refractivity contribution in [3.8, 4) is 5.75 Å². The topological polar surface area (TPSA) is 68.7 Å². The molecule has 154 valence electrons. The van der Waals surface area contributed by atoms with Crippen LogP contribution in [0.5, 0.6) is 5.75 Å². The summed E-state index contributed by atoms with van der Waals surface area (Å²) in [4.78, 5) is 31.3. The number of aromatic nitrogens is 1. The molecule has 0 spiro atoms. The van der Waals surface area contributed by atoms with Gasteiger partial charge in [-0.1, -0.05) is 33.1 Å². The Bertz CT molecular complexity index is 697. The molecule has 0 aliphatic carbocycles. The van der Waals surface area contributed by atoms with Crippen LogP contribution in [0.3, 0.4) is 0 Å². The number of hydrogen-bond donors (Lipinski definition) is 0. The summed E-state index contributed by atoms with van der Waals surface area (Å²) in [6, 6.07) is 2.01. The Morgan fingerprint density at radius 2 is 2.32 bits per heavy atom. The average Bonchev–Trinajstić information content (AvgIpc) is 3.09. The summed E-state index contributed by atoms with van der Waals surface area (Å²) < 4.78 is 11.4. The molecule has 0 saturated carbocycles. The lowest BCUT2D eigenvalue weighted by molar-refractivity contribution is -0.144. The van der Waals surface area contributed by atoms with Crippen LogP contribution in [0.25, 0.3) is 0 Å². The van der Waals surface area contributed by atoms with E-state index in [4.69, 9.17) is 9.47 Å². The number of hydrogen-bond acceptors (Lipinski definition) is 7. The van der Waals surface area contributed by atoms with Gasteiger partial charge in [0.15, 0.2) is 17.4 Å². The van der Waals surface area contributed by atoms with E-state index in [-0.39, 0.29) is 17.8 Å². The molecule has 0 aromatic carbocycles. The van der Waals surface area contributed by atoms with Gasteiger partial charge in [-0.25, -0.2) is 4.98 Å². The first-order chi connectivity index (χ1) is 13.6. The highest BCUT2D eigenvalue weighted by Gasteiger charge is 2.37. The number of pyridine rings is 1. The highest BCUT2D eigenvalue weighted by molar-refractivity contribution is 7.99. The van der Waals surface area contributed by atoms with Crippen molar-refractivity contribution in [3.63, 3.8) is 0 Å². The Labute approximate surface area is 171 Å². The summed E-state index contributed by atoms with van der Waals surface area (Å²) in [5.74, 6) is 2.67. The van der Waals surface area contributed by atoms with Gasteiger partial charge in [-0.15, -0.1) is 11.8 Å². The van der Waals surface area contributed by atoms with Crippen molar-refractivity contribution in [1.82, 2.24) is 4.98 Å². The molecule has 0 bridgehead atoms. The van der Waals surface area contributed by atoms with Crippen molar-refractivity contribution >= 4 is 29.3 Å². The third kappa shape index (κ3) is 5.19. The molecule has 0 radical (unpaired) electrons.